The number of hydrogen-bond acceptors (Lipinski definition) is 7. The minimum atomic E-state index is -2.54. The second-order valence-corrected chi connectivity index (χ2v) is 9.93. The van der Waals surface area contributed by atoms with Crippen molar-refractivity contribution < 1.29 is 18.3 Å². The van der Waals surface area contributed by atoms with Crippen molar-refractivity contribution in [2.45, 2.75) is 39.7 Å². The molecule has 2 aromatic carbocycles. The molecule has 0 saturated heterocycles. The fourth-order valence-electron chi connectivity index (χ4n) is 4.66. The lowest BCUT2D eigenvalue weighted by Gasteiger charge is -2.23. The average molecular weight is 549 g/mol. The third-order valence-corrected chi connectivity index (χ3v) is 6.98. The maximum atomic E-state index is 13.5. The Kier molecular flexibility index (Phi) is 8.46. The summed E-state index contributed by atoms with van der Waals surface area (Å²) in [6, 6.07) is 12.4. The third kappa shape index (κ3) is 5.95. The molecule has 10 heteroatoms. The first kappa shape index (κ1) is 28.7. The van der Waals surface area contributed by atoms with Crippen LogP contribution in [0.1, 0.15) is 47.5 Å². The van der Waals surface area contributed by atoms with Crippen LogP contribution in [0.3, 0.4) is 0 Å². The molecule has 0 fully saturated rings. The first-order valence-corrected chi connectivity index (χ1v) is 12.9. The Balaban J connectivity index is 1.70. The molecule has 210 valence electrons. The molecule has 0 spiro atoms. The molecule has 1 amide bonds. The van der Waals surface area contributed by atoms with E-state index in [2.05, 4.69) is 20.3 Å². The average Bonchev–Trinajstić information content (AvgIpc) is 2.92. The number of likely N-dealkylation sites (N-methyl/N-ethyl adjacent to an activating group) is 1. The zero-order valence-electron chi connectivity index (χ0n) is 23.8. The van der Waals surface area contributed by atoms with Crippen molar-refractivity contribution in [3.63, 3.8) is 0 Å². The highest BCUT2D eigenvalue weighted by molar-refractivity contribution is 5.92. The van der Waals surface area contributed by atoms with Crippen LogP contribution in [0, 0.1) is 13.8 Å². The van der Waals surface area contributed by atoms with Gasteiger partial charge in [-0.05, 0) is 56.2 Å². The molecule has 0 aliphatic carbocycles. The first-order chi connectivity index (χ1) is 19.0. The number of fused-ring (bicyclic) bond motifs is 1. The van der Waals surface area contributed by atoms with E-state index in [4.69, 9.17) is 4.74 Å². The molecule has 4 aromatic rings. The van der Waals surface area contributed by atoms with Crippen molar-refractivity contribution in [2.24, 2.45) is 0 Å². The quantitative estimate of drug-likeness (QED) is 0.268. The molecule has 0 aliphatic rings. The highest BCUT2D eigenvalue weighted by Gasteiger charge is 2.19. The van der Waals surface area contributed by atoms with Crippen LogP contribution in [-0.4, -0.2) is 54.0 Å². The lowest BCUT2D eigenvalue weighted by molar-refractivity contribution is -0.128. The van der Waals surface area contributed by atoms with Crippen molar-refractivity contribution in [3.05, 3.63) is 76.7 Å². The van der Waals surface area contributed by atoms with Crippen LogP contribution in [-0.2, 0) is 11.2 Å². The summed E-state index contributed by atoms with van der Waals surface area (Å²) in [5.41, 5.74) is 4.42. The number of carbonyl (C=O) groups excluding carboxylic acids is 1. The minimum absolute atomic E-state index is 0.0264. The van der Waals surface area contributed by atoms with Gasteiger partial charge in [0, 0.05) is 43.3 Å². The Hall–Kier alpha value is -4.34. The highest BCUT2D eigenvalue weighted by Crippen LogP contribution is 2.34. The van der Waals surface area contributed by atoms with Gasteiger partial charge in [-0.25, -0.2) is 23.7 Å². The van der Waals surface area contributed by atoms with Crippen molar-refractivity contribution in [2.75, 3.05) is 38.5 Å². The number of pyridine rings is 1. The van der Waals surface area contributed by atoms with Gasteiger partial charge in [0.15, 0.2) is 0 Å². The lowest BCUT2D eigenvalue weighted by atomic mass is 9.97. The predicted octanol–water partition coefficient (Wildman–Crippen LogP) is 6.16. The van der Waals surface area contributed by atoms with Gasteiger partial charge in [0.25, 0.3) is 6.43 Å². The summed E-state index contributed by atoms with van der Waals surface area (Å²) in [6.45, 7) is 5.46. The van der Waals surface area contributed by atoms with E-state index in [1.54, 1.807) is 33.3 Å². The summed E-state index contributed by atoms with van der Waals surface area (Å²) in [5.74, 6) is 1.55. The number of hydrogen-bond donors (Lipinski definition) is 1. The Morgan fingerprint density at radius 1 is 1.02 bits per heavy atom. The number of aromatic nitrogens is 3. The number of nitrogens with zero attached hydrogens (tertiary/aromatic N) is 5. The number of alkyl halides is 2. The fourth-order valence-corrected chi connectivity index (χ4v) is 4.66. The number of halogens is 2. The Morgan fingerprint density at radius 2 is 1.75 bits per heavy atom. The molecule has 40 heavy (non-hydrogen) atoms. The molecule has 0 unspecified atom stereocenters. The van der Waals surface area contributed by atoms with Crippen LogP contribution >= 0.6 is 0 Å². The van der Waals surface area contributed by atoms with Gasteiger partial charge in [-0.3, -0.25) is 4.79 Å². The van der Waals surface area contributed by atoms with Crippen molar-refractivity contribution in [1.82, 2.24) is 19.9 Å². The summed E-state index contributed by atoms with van der Waals surface area (Å²) >= 11 is 0. The zero-order chi connectivity index (χ0) is 29.1. The number of methoxy groups -OCH3 is 1. The van der Waals surface area contributed by atoms with E-state index >= 15 is 0 Å². The molecule has 8 nitrogen and oxygen atoms in total. The number of carbonyl (C=O) groups is 1. The van der Waals surface area contributed by atoms with Crippen molar-refractivity contribution >= 4 is 34.0 Å². The SMILES string of the molecule is COc1ncc(N(C)c2ccc3nc(C)nc(N[C@H](C)c4cccc(C(F)F)c4C)c3c2)cc1CC(=O)N(C)C. The van der Waals surface area contributed by atoms with Gasteiger partial charge < -0.3 is 19.9 Å². The topological polar surface area (TPSA) is 83.5 Å². The van der Waals surface area contributed by atoms with Gasteiger partial charge >= 0.3 is 0 Å². The lowest BCUT2D eigenvalue weighted by Crippen LogP contribution is -2.24. The van der Waals surface area contributed by atoms with Crippen molar-refractivity contribution in [1.29, 1.82) is 0 Å². The van der Waals surface area contributed by atoms with E-state index < -0.39 is 6.43 Å². The van der Waals surface area contributed by atoms with Crippen LogP contribution in [0.15, 0.2) is 48.7 Å². The number of nitrogens with one attached hydrogen (secondary N) is 1. The monoisotopic (exact) mass is 548 g/mol. The second-order valence-electron chi connectivity index (χ2n) is 9.93. The number of benzene rings is 2. The van der Waals surface area contributed by atoms with Gasteiger partial charge in [0.1, 0.15) is 11.6 Å². The Morgan fingerprint density at radius 3 is 2.42 bits per heavy atom. The number of rotatable bonds is 9. The van der Waals surface area contributed by atoms with E-state index in [1.165, 1.54) is 18.1 Å². The molecule has 2 aromatic heterocycles. The summed E-state index contributed by atoms with van der Waals surface area (Å²) < 4.78 is 32.4. The summed E-state index contributed by atoms with van der Waals surface area (Å²) in [6.07, 6.45) is -0.687. The van der Waals surface area contributed by atoms with Gasteiger partial charge in [0.2, 0.25) is 11.8 Å². The van der Waals surface area contributed by atoms with Crippen LogP contribution < -0.4 is 15.0 Å². The second kappa shape index (κ2) is 11.8. The largest absolute Gasteiger partial charge is 0.481 e. The van der Waals surface area contributed by atoms with Crippen LogP contribution in [0.5, 0.6) is 5.88 Å². The summed E-state index contributed by atoms with van der Waals surface area (Å²) in [4.78, 5) is 29.5. The number of aryl methyl sites for hydroxylation is 1. The summed E-state index contributed by atoms with van der Waals surface area (Å²) in [7, 11) is 6.86. The standard InChI is InChI=1S/C30H34F2N6O2/c1-17-23(9-8-10-24(17)28(31)32)18(2)34-29-25-15-21(11-12-26(25)35-19(3)36-29)38(6)22-13-20(14-27(39)37(4)5)30(40-7)33-16-22/h8-13,15-16,18,28H,14H2,1-7H3,(H,34,35,36)/t18-/m1/s1. The normalized spacial score (nSPS) is 11.9. The zero-order valence-corrected chi connectivity index (χ0v) is 23.8. The fraction of sp³-hybridized carbons (Fsp3) is 0.333. The molecular weight excluding hydrogens is 514 g/mol. The van der Waals surface area contributed by atoms with E-state index in [0.717, 1.165) is 27.8 Å². The maximum absolute atomic E-state index is 13.5. The molecule has 0 saturated carbocycles. The van der Waals surface area contributed by atoms with Crippen molar-refractivity contribution in [3.8, 4) is 5.88 Å². The molecule has 0 bridgehead atoms. The van der Waals surface area contributed by atoms with E-state index in [-0.39, 0.29) is 23.9 Å². The van der Waals surface area contributed by atoms with Crippen LogP contribution in [0.2, 0.25) is 0 Å². The van der Waals surface area contributed by atoms with Gasteiger partial charge in [-0.2, -0.15) is 0 Å². The predicted molar refractivity (Wildman–Crippen MR) is 154 cm³/mol. The molecule has 2 heterocycles. The maximum Gasteiger partial charge on any atom is 0.264 e. The molecule has 0 radical (unpaired) electrons. The first-order valence-electron chi connectivity index (χ1n) is 12.9. The molecule has 4 rings (SSSR count). The third-order valence-electron chi connectivity index (χ3n) is 6.98. The van der Waals surface area contributed by atoms with E-state index in [0.29, 0.717) is 28.6 Å². The molecule has 0 aliphatic heterocycles. The minimum Gasteiger partial charge on any atom is -0.481 e. The summed E-state index contributed by atoms with van der Waals surface area (Å²) in [5, 5.41) is 4.21. The number of amides is 1. The van der Waals surface area contributed by atoms with Crippen LogP contribution in [0.25, 0.3) is 10.9 Å². The molecule has 1 atom stereocenters. The molecule has 1 N–H and O–H groups in total. The Labute approximate surface area is 233 Å². The number of ether oxygens (including phenoxy) is 1. The number of anilines is 3. The van der Waals surface area contributed by atoms with E-state index in [9.17, 15) is 13.6 Å². The smallest absolute Gasteiger partial charge is 0.264 e. The van der Waals surface area contributed by atoms with Gasteiger partial charge in [-0.1, -0.05) is 18.2 Å². The van der Waals surface area contributed by atoms with Crippen LogP contribution in [0.4, 0.5) is 26.0 Å². The highest BCUT2D eigenvalue weighted by atomic mass is 19.3. The van der Waals surface area contributed by atoms with Gasteiger partial charge in [0.05, 0.1) is 37.0 Å². The van der Waals surface area contributed by atoms with Gasteiger partial charge in [-0.15, -0.1) is 0 Å². The molecular formula is C30H34F2N6O2. The Bertz CT molecular complexity index is 1540. The van der Waals surface area contributed by atoms with E-state index in [1.807, 2.05) is 56.1 Å².